The summed E-state index contributed by atoms with van der Waals surface area (Å²) in [6.45, 7) is 0. The van der Waals surface area contributed by atoms with Crippen LogP contribution in [0.3, 0.4) is 0 Å². The molecule has 206 valence electrons. The number of nitrogens with zero attached hydrogens (tertiary/aromatic N) is 2. The molecule has 0 aliphatic carbocycles. The number of halogens is 2. The Morgan fingerprint density at radius 3 is 2.10 bits per heavy atom. The molecule has 3 atom stereocenters. The minimum atomic E-state index is -1.13. The lowest BCUT2D eigenvalue weighted by Crippen LogP contribution is -2.37. The van der Waals surface area contributed by atoms with Gasteiger partial charge in [0.05, 0.1) is 30.1 Å². The van der Waals surface area contributed by atoms with Gasteiger partial charge in [-0.2, -0.15) is 0 Å². The second kappa shape index (κ2) is 10.5. The molecule has 0 unspecified atom stereocenters. The fourth-order valence-corrected chi connectivity index (χ4v) is 5.09. The van der Waals surface area contributed by atoms with Gasteiger partial charge in [-0.3, -0.25) is 14.4 Å². The first-order valence-corrected chi connectivity index (χ1v) is 12.7. The molecular formula is C31H22F2N2O6. The molecule has 2 fully saturated rings. The highest BCUT2D eigenvalue weighted by molar-refractivity contribution is 6.23. The van der Waals surface area contributed by atoms with Gasteiger partial charge in [0.2, 0.25) is 5.91 Å². The van der Waals surface area contributed by atoms with Crippen molar-refractivity contribution in [2.24, 2.45) is 5.92 Å². The van der Waals surface area contributed by atoms with Gasteiger partial charge < -0.3 is 9.47 Å². The second-order valence-corrected chi connectivity index (χ2v) is 9.45. The number of rotatable bonds is 6. The highest BCUT2D eigenvalue weighted by atomic mass is 19.1. The van der Waals surface area contributed by atoms with Gasteiger partial charge in [-0.15, -0.1) is 0 Å². The first-order chi connectivity index (χ1) is 19.9. The maximum Gasteiger partial charge on any atom is 0.343 e. The molecule has 0 N–H and O–H groups in total. The van der Waals surface area contributed by atoms with E-state index >= 15 is 0 Å². The molecule has 2 heterocycles. The zero-order valence-electron chi connectivity index (χ0n) is 21.6. The van der Waals surface area contributed by atoms with Crippen LogP contribution in [-0.2, 0) is 14.4 Å². The molecule has 2 aliphatic rings. The first-order valence-electron chi connectivity index (χ1n) is 12.7. The molecule has 0 aromatic heterocycles. The van der Waals surface area contributed by atoms with E-state index in [0.717, 1.165) is 17.0 Å². The summed E-state index contributed by atoms with van der Waals surface area (Å²) in [5.41, 5.74) is 1.56. The summed E-state index contributed by atoms with van der Waals surface area (Å²) < 4.78 is 37.8. The average Bonchev–Trinajstić information content (AvgIpc) is 3.50. The van der Waals surface area contributed by atoms with Crippen molar-refractivity contribution in [3.05, 3.63) is 120 Å². The predicted molar refractivity (Wildman–Crippen MR) is 143 cm³/mol. The molecule has 4 aromatic carbocycles. The van der Waals surface area contributed by atoms with Gasteiger partial charge in [-0.1, -0.05) is 24.3 Å². The number of esters is 1. The van der Waals surface area contributed by atoms with E-state index in [1.54, 1.807) is 36.4 Å². The van der Waals surface area contributed by atoms with Crippen molar-refractivity contribution in [2.45, 2.75) is 12.1 Å². The molecule has 0 saturated carbocycles. The van der Waals surface area contributed by atoms with Gasteiger partial charge >= 0.3 is 5.97 Å². The van der Waals surface area contributed by atoms with Crippen LogP contribution in [0.25, 0.3) is 0 Å². The van der Waals surface area contributed by atoms with E-state index in [1.165, 1.54) is 54.6 Å². The molecule has 8 nitrogen and oxygen atoms in total. The Kier molecular flexibility index (Phi) is 6.68. The number of amides is 2. The lowest BCUT2D eigenvalue weighted by Gasteiger charge is -2.29. The molecule has 6 rings (SSSR count). The van der Waals surface area contributed by atoms with Crippen molar-refractivity contribution >= 4 is 29.2 Å². The number of anilines is 2. The van der Waals surface area contributed by atoms with Crippen LogP contribution in [0.1, 0.15) is 22.0 Å². The monoisotopic (exact) mass is 556 g/mol. The average molecular weight is 557 g/mol. The van der Waals surface area contributed by atoms with Crippen molar-refractivity contribution in [3.63, 3.8) is 0 Å². The molecular weight excluding hydrogens is 534 g/mol. The zero-order valence-corrected chi connectivity index (χ0v) is 21.6. The number of fused-ring (bicyclic) bond motifs is 1. The number of ether oxygens (including phenoxy) is 2. The molecule has 0 bridgehead atoms. The fourth-order valence-electron chi connectivity index (χ4n) is 5.09. The molecule has 41 heavy (non-hydrogen) atoms. The molecule has 2 saturated heterocycles. The Morgan fingerprint density at radius 2 is 1.44 bits per heavy atom. The minimum Gasteiger partial charge on any atom is -0.493 e. The summed E-state index contributed by atoms with van der Waals surface area (Å²) in [6.07, 6.45) is -1.13. The summed E-state index contributed by atoms with van der Waals surface area (Å²) in [4.78, 5) is 47.0. The third-order valence-electron chi connectivity index (χ3n) is 7.02. The molecule has 0 radical (unpaired) electrons. The van der Waals surface area contributed by atoms with E-state index in [1.807, 2.05) is 6.07 Å². The van der Waals surface area contributed by atoms with Gasteiger partial charge in [-0.25, -0.2) is 23.5 Å². The third kappa shape index (κ3) is 4.68. The van der Waals surface area contributed by atoms with Crippen LogP contribution in [-0.4, -0.2) is 31.0 Å². The Balaban J connectivity index is 1.36. The Bertz CT molecular complexity index is 1630. The number of para-hydroxylation sites is 1. The number of carbonyl (C=O) groups excluding carboxylic acids is 3. The highest BCUT2D eigenvalue weighted by Crippen LogP contribution is 2.48. The maximum atomic E-state index is 13.8. The Morgan fingerprint density at radius 1 is 0.780 bits per heavy atom. The van der Waals surface area contributed by atoms with E-state index < -0.39 is 47.5 Å². The van der Waals surface area contributed by atoms with E-state index in [-0.39, 0.29) is 22.7 Å². The SMILES string of the molecule is COc1cc([C@@H]2[C@@H]3C(=O)N(c4ccc(F)cc4)C(=O)[C@H]3ON2c2ccccc2)ccc1OC(=O)c1ccc(F)cc1. The molecule has 10 heteroatoms. The van der Waals surface area contributed by atoms with Gasteiger partial charge in [0.25, 0.3) is 5.91 Å². The highest BCUT2D eigenvalue weighted by Gasteiger charge is 2.60. The topological polar surface area (TPSA) is 85.4 Å². The van der Waals surface area contributed by atoms with Crippen LogP contribution in [0.2, 0.25) is 0 Å². The van der Waals surface area contributed by atoms with Crippen molar-refractivity contribution in [1.29, 1.82) is 0 Å². The van der Waals surface area contributed by atoms with E-state index in [4.69, 9.17) is 14.3 Å². The Labute approximate surface area is 233 Å². The summed E-state index contributed by atoms with van der Waals surface area (Å²) >= 11 is 0. The number of carbonyl (C=O) groups is 3. The van der Waals surface area contributed by atoms with Crippen molar-refractivity contribution < 1.29 is 37.5 Å². The standard InChI is InChI=1S/C31H22F2N2O6/c1-39-25-17-19(9-16-24(25)40-31(38)18-7-10-20(32)11-8-18)27-26-28(41-35(27)23-5-3-2-4-6-23)30(37)34(29(26)36)22-14-12-21(33)13-15-22/h2-17,26-28H,1H3/t26-,27+,28-/m0/s1. The lowest BCUT2D eigenvalue weighted by atomic mass is 9.90. The van der Waals surface area contributed by atoms with Crippen molar-refractivity contribution in [1.82, 2.24) is 0 Å². The summed E-state index contributed by atoms with van der Waals surface area (Å²) in [6, 6.07) is 23.0. The van der Waals surface area contributed by atoms with E-state index in [0.29, 0.717) is 11.3 Å². The van der Waals surface area contributed by atoms with Gasteiger partial charge in [0, 0.05) is 0 Å². The molecule has 4 aromatic rings. The van der Waals surface area contributed by atoms with Gasteiger partial charge in [0.1, 0.15) is 17.6 Å². The number of imide groups is 1. The van der Waals surface area contributed by atoms with Crippen LogP contribution < -0.4 is 19.4 Å². The van der Waals surface area contributed by atoms with Gasteiger partial charge in [-0.05, 0) is 78.4 Å². The summed E-state index contributed by atoms with van der Waals surface area (Å²) in [5, 5.41) is 1.52. The number of benzene rings is 4. The van der Waals surface area contributed by atoms with Gasteiger partial charge in [0.15, 0.2) is 17.6 Å². The largest absolute Gasteiger partial charge is 0.493 e. The fraction of sp³-hybridized carbons (Fsp3) is 0.129. The second-order valence-electron chi connectivity index (χ2n) is 9.45. The molecule has 2 amide bonds. The van der Waals surface area contributed by atoms with Crippen LogP contribution in [0, 0.1) is 17.6 Å². The Hall–Kier alpha value is -5.09. The van der Waals surface area contributed by atoms with Crippen molar-refractivity contribution in [2.75, 3.05) is 17.1 Å². The van der Waals surface area contributed by atoms with E-state index in [2.05, 4.69) is 0 Å². The zero-order chi connectivity index (χ0) is 28.7. The molecule has 0 spiro atoms. The van der Waals surface area contributed by atoms with E-state index in [9.17, 15) is 23.2 Å². The first kappa shape index (κ1) is 26.1. The van der Waals surface area contributed by atoms with Crippen LogP contribution >= 0.6 is 0 Å². The van der Waals surface area contributed by atoms with Crippen molar-refractivity contribution in [3.8, 4) is 11.5 Å². The number of methoxy groups -OCH3 is 1. The number of hydrogen-bond donors (Lipinski definition) is 0. The number of hydroxylamine groups is 1. The normalized spacial score (nSPS) is 19.8. The molecule has 2 aliphatic heterocycles. The summed E-state index contributed by atoms with van der Waals surface area (Å²) in [5.74, 6) is -3.39. The summed E-state index contributed by atoms with van der Waals surface area (Å²) in [7, 11) is 1.40. The quantitative estimate of drug-likeness (QED) is 0.182. The third-order valence-corrected chi connectivity index (χ3v) is 7.02. The lowest BCUT2D eigenvalue weighted by molar-refractivity contribution is -0.126. The number of hydrogen-bond acceptors (Lipinski definition) is 7. The smallest absolute Gasteiger partial charge is 0.343 e. The van der Waals surface area contributed by atoms with Crippen LogP contribution in [0.5, 0.6) is 11.5 Å². The maximum absolute atomic E-state index is 13.8. The minimum absolute atomic E-state index is 0.106. The van der Waals surface area contributed by atoms with Crippen LogP contribution in [0.15, 0.2) is 97.1 Å². The van der Waals surface area contributed by atoms with Crippen LogP contribution in [0.4, 0.5) is 20.2 Å². The predicted octanol–water partition coefficient (Wildman–Crippen LogP) is 5.24.